The van der Waals surface area contributed by atoms with Gasteiger partial charge in [-0.1, -0.05) is 36.4 Å². The van der Waals surface area contributed by atoms with E-state index in [-0.39, 0.29) is 5.97 Å². The van der Waals surface area contributed by atoms with E-state index in [1.165, 1.54) is 52.4 Å². The second kappa shape index (κ2) is 10.2. The maximum absolute atomic E-state index is 11.8. The molecule has 2 heterocycles. The highest BCUT2D eigenvalue weighted by Gasteiger charge is 2.27. The molecule has 6 nitrogen and oxygen atoms in total. The van der Waals surface area contributed by atoms with E-state index in [9.17, 15) is 4.79 Å². The highest BCUT2D eigenvalue weighted by Crippen LogP contribution is 2.40. The summed E-state index contributed by atoms with van der Waals surface area (Å²) in [5.41, 5.74) is 5.29. The lowest BCUT2D eigenvalue weighted by molar-refractivity contribution is 0.0600. The van der Waals surface area contributed by atoms with Crippen molar-refractivity contribution in [1.29, 1.82) is 0 Å². The third-order valence-electron chi connectivity index (χ3n) is 6.29. The van der Waals surface area contributed by atoms with Crippen LogP contribution in [-0.4, -0.2) is 29.5 Å². The van der Waals surface area contributed by atoms with Crippen molar-refractivity contribution in [3.8, 4) is 5.75 Å². The number of rotatable bonds is 7. The largest absolute Gasteiger partial charge is 0.495 e. The summed E-state index contributed by atoms with van der Waals surface area (Å²) in [5, 5.41) is 1.19. The van der Waals surface area contributed by atoms with Crippen LogP contribution in [0.25, 0.3) is 5.57 Å². The summed E-state index contributed by atoms with van der Waals surface area (Å²) in [6.45, 7) is 1.65. The fourth-order valence-electron chi connectivity index (χ4n) is 4.41. The normalized spacial score (nSPS) is 17.7. The molecule has 0 fully saturated rings. The predicted octanol–water partition coefficient (Wildman–Crippen LogP) is 6.28. The van der Waals surface area contributed by atoms with Crippen molar-refractivity contribution in [1.82, 2.24) is 9.29 Å². The lowest BCUT2D eigenvalue weighted by Crippen LogP contribution is -2.11. The van der Waals surface area contributed by atoms with Crippen molar-refractivity contribution >= 4 is 40.7 Å². The summed E-state index contributed by atoms with van der Waals surface area (Å²) >= 11 is 3.35. The van der Waals surface area contributed by atoms with Crippen molar-refractivity contribution in [3.05, 3.63) is 81.3 Å². The first-order chi connectivity index (χ1) is 16.6. The van der Waals surface area contributed by atoms with Gasteiger partial charge < -0.3 is 14.2 Å². The molecule has 1 aromatic heterocycles. The van der Waals surface area contributed by atoms with Gasteiger partial charge in [-0.3, -0.25) is 0 Å². The highest BCUT2D eigenvalue weighted by atomic mass is 32.2. The van der Waals surface area contributed by atoms with Crippen LogP contribution in [0.4, 0.5) is 5.69 Å². The summed E-state index contributed by atoms with van der Waals surface area (Å²) < 4.78 is 15.8. The number of nitrogens with zero attached hydrogens (tertiary/aromatic N) is 2. The Labute approximate surface area is 208 Å². The zero-order chi connectivity index (χ0) is 23.5. The van der Waals surface area contributed by atoms with Crippen LogP contribution in [0, 0.1) is 0 Å². The molecule has 0 radical (unpaired) electrons. The van der Waals surface area contributed by atoms with Gasteiger partial charge in [0.1, 0.15) is 10.8 Å². The van der Waals surface area contributed by atoms with Gasteiger partial charge in [0.2, 0.25) is 0 Å². The Morgan fingerprint density at radius 2 is 2.03 bits per heavy atom. The number of methoxy groups -OCH3 is 2. The molecule has 1 N–H and O–H groups in total. The van der Waals surface area contributed by atoms with Gasteiger partial charge in [0.05, 0.1) is 37.7 Å². The summed E-state index contributed by atoms with van der Waals surface area (Å²) in [5.74, 6) is 0.836. The molecule has 1 aliphatic heterocycles. The number of aromatic nitrogens is 1. The summed E-state index contributed by atoms with van der Waals surface area (Å²) in [7, 11) is 2.96. The predicted molar refractivity (Wildman–Crippen MR) is 138 cm³/mol. The minimum absolute atomic E-state index is 0.382. The number of fused-ring (bicyclic) bond motifs is 1. The van der Waals surface area contributed by atoms with Crippen molar-refractivity contribution < 1.29 is 14.3 Å². The molecular weight excluding hydrogens is 466 g/mol. The monoisotopic (exact) mass is 493 g/mol. The fourth-order valence-corrected chi connectivity index (χ4v) is 6.42. The molecule has 0 bridgehead atoms. The van der Waals surface area contributed by atoms with Crippen molar-refractivity contribution in [2.45, 2.75) is 38.3 Å². The Morgan fingerprint density at radius 3 is 2.74 bits per heavy atom. The van der Waals surface area contributed by atoms with Crippen molar-refractivity contribution in [2.75, 3.05) is 18.9 Å². The number of esters is 1. The average molecular weight is 494 g/mol. The maximum atomic E-state index is 11.8. The molecule has 3 aromatic rings. The van der Waals surface area contributed by atoms with Gasteiger partial charge >= 0.3 is 5.97 Å². The molecule has 1 unspecified atom stereocenters. The van der Waals surface area contributed by atoms with Gasteiger partial charge in [-0.05, 0) is 54.5 Å². The van der Waals surface area contributed by atoms with Gasteiger partial charge in [0, 0.05) is 23.6 Å². The zero-order valence-corrected chi connectivity index (χ0v) is 20.9. The third kappa shape index (κ3) is 4.85. The van der Waals surface area contributed by atoms with Gasteiger partial charge in [-0.15, -0.1) is 11.3 Å². The van der Waals surface area contributed by atoms with Crippen LogP contribution in [-0.2, 0) is 17.8 Å². The summed E-state index contributed by atoms with van der Waals surface area (Å²) in [6.07, 6.45) is 5.76. The van der Waals surface area contributed by atoms with E-state index in [1.807, 2.05) is 17.4 Å². The van der Waals surface area contributed by atoms with E-state index < -0.39 is 0 Å². The molecule has 2 aliphatic rings. The van der Waals surface area contributed by atoms with Crippen LogP contribution >= 0.6 is 23.5 Å². The van der Waals surface area contributed by atoms with Gasteiger partial charge in [-0.25, -0.2) is 14.1 Å². The minimum Gasteiger partial charge on any atom is -0.495 e. The number of ether oxygens (including phenoxy) is 2. The Hall–Kier alpha value is -2.81. The van der Waals surface area contributed by atoms with E-state index in [0.717, 1.165) is 31.6 Å². The number of nitrogens with one attached hydrogen (secondary N) is 1. The fraction of sp³-hybridized carbons (Fsp3) is 0.308. The Bertz CT molecular complexity index is 1190. The van der Waals surface area contributed by atoms with E-state index >= 15 is 0 Å². The lowest BCUT2D eigenvalue weighted by atomic mass is 9.85. The molecule has 0 saturated heterocycles. The Morgan fingerprint density at radius 1 is 1.18 bits per heavy atom. The molecule has 176 valence electrons. The molecule has 0 amide bonds. The number of carbonyl (C=O) groups excluding carboxylic acids is 1. The van der Waals surface area contributed by atoms with Crippen LogP contribution in [0.5, 0.6) is 5.75 Å². The quantitative estimate of drug-likeness (QED) is 0.307. The smallest absolute Gasteiger partial charge is 0.337 e. The first-order valence-electron chi connectivity index (χ1n) is 11.3. The molecule has 5 rings (SSSR count). The number of anilines is 1. The van der Waals surface area contributed by atoms with Crippen LogP contribution in [0.1, 0.15) is 56.7 Å². The van der Waals surface area contributed by atoms with Crippen LogP contribution in [0.2, 0.25) is 0 Å². The summed E-state index contributed by atoms with van der Waals surface area (Å²) in [6, 6.07) is 16.1. The van der Waals surface area contributed by atoms with E-state index in [0.29, 0.717) is 17.2 Å². The Balaban J connectivity index is 1.18. The molecular formula is C26H27N3O3S2. The molecule has 1 aliphatic carbocycles. The first kappa shape index (κ1) is 23.0. The minimum atomic E-state index is -0.382. The number of thiazole rings is 1. The van der Waals surface area contributed by atoms with Crippen molar-refractivity contribution in [2.24, 2.45) is 0 Å². The first-order valence-corrected chi connectivity index (χ1v) is 12.9. The van der Waals surface area contributed by atoms with Crippen molar-refractivity contribution in [3.63, 3.8) is 0 Å². The second-order valence-electron chi connectivity index (χ2n) is 8.40. The second-order valence-corrected chi connectivity index (χ2v) is 10.4. The Kier molecular flexibility index (Phi) is 6.89. The molecule has 1 atom stereocenters. The molecule has 0 spiro atoms. The highest BCUT2D eigenvalue weighted by molar-refractivity contribution is 7.98. The number of hydrogen-bond acceptors (Lipinski definition) is 8. The maximum Gasteiger partial charge on any atom is 0.337 e. The number of benzene rings is 2. The topological polar surface area (TPSA) is 63.7 Å². The van der Waals surface area contributed by atoms with Crippen LogP contribution in [0.3, 0.4) is 0 Å². The SMILES string of the molecule is COC(=O)c1ccc(NSN2Cc3nc(C4=CCC(c5ccccc5)CC4)sc3C2)c(OC)c1. The van der Waals surface area contributed by atoms with Crippen LogP contribution in [0.15, 0.2) is 54.6 Å². The van der Waals surface area contributed by atoms with E-state index in [4.69, 9.17) is 14.5 Å². The molecule has 8 heteroatoms. The molecule has 2 aromatic carbocycles. The zero-order valence-electron chi connectivity index (χ0n) is 19.2. The standard InChI is InChI=1S/C26H27N3O3S2/c1-31-23-14-20(26(30)32-2)12-13-21(23)28-34-29-15-22-24(16-29)33-25(27-22)19-10-8-18(9-11-19)17-6-4-3-5-7-17/h3-7,10,12-14,18,28H,8-9,11,15-16H2,1-2H3. The molecule has 0 saturated carbocycles. The van der Waals surface area contributed by atoms with E-state index in [2.05, 4.69) is 45.4 Å². The molecule has 34 heavy (non-hydrogen) atoms. The summed E-state index contributed by atoms with van der Waals surface area (Å²) in [4.78, 5) is 18.1. The third-order valence-corrected chi connectivity index (χ3v) is 8.27. The number of carbonyl (C=O) groups is 1. The lowest BCUT2D eigenvalue weighted by Gasteiger charge is -2.21. The van der Waals surface area contributed by atoms with Gasteiger partial charge in [0.15, 0.2) is 0 Å². The van der Waals surface area contributed by atoms with Crippen LogP contribution < -0.4 is 9.46 Å². The number of allylic oxidation sites excluding steroid dienone is 2. The average Bonchev–Trinajstić information content (AvgIpc) is 3.46. The van der Waals surface area contributed by atoms with E-state index in [1.54, 1.807) is 19.2 Å². The van der Waals surface area contributed by atoms with Gasteiger partial charge in [-0.2, -0.15) is 0 Å². The number of hydrogen-bond donors (Lipinski definition) is 1. The van der Waals surface area contributed by atoms with Gasteiger partial charge in [0.25, 0.3) is 0 Å².